The van der Waals surface area contributed by atoms with E-state index in [0.717, 1.165) is 19.4 Å². The third kappa shape index (κ3) is 3.22. The average molecular weight is 287 g/mol. The normalized spacial score (nSPS) is 22.4. The third-order valence-corrected chi connectivity index (χ3v) is 4.25. The van der Waals surface area contributed by atoms with Crippen molar-refractivity contribution in [3.05, 3.63) is 35.4 Å². The van der Waals surface area contributed by atoms with Gasteiger partial charge < -0.3 is 9.64 Å². The van der Waals surface area contributed by atoms with Crippen LogP contribution < -0.4 is 0 Å². The van der Waals surface area contributed by atoms with Gasteiger partial charge in [-0.05, 0) is 63.5 Å². The lowest BCUT2D eigenvalue weighted by Crippen LogP contribution is -2.36. The Balaban J connectivity index is 1.82. The van der Waals surface area contributed by atoms with Gasteiger partial charge in [0.25, 0.3) is 0 Å². The number of rotatable bonds is 2. The molecule has 3 nitrogen and oxygen atoms in total. The molecule has 114 valence electrons. The molecule has 2 aliphatic rings. The van der Waals surface area contributed by atoms with Crippen molar-refractivity contribution in [2.24, 2.45) is 0 Å². The molecule has 1 aliphatic heterocycles. The number of hydrogen-bond donors (Lipinski definition) is 0. The molecule has 3 heteroatoms. The second kappa shape index (κ2) is 5.36. The zero-order valence-corrected chi connectivity index (χ0v) is 13.3. The molecule has 0 aromatic heterocycles. The molecule has 0 N–H and O–H groups in total. The van der Waals surface area contributed by atoms with Crippen molar-refractivity contribution in [2.75, 3.05) is 6.54 Å². The van der Waals surface area contributed by atoms with Crippen molar-refractivity contribution < 1.29 is 9.53 Å². The van der Waals surface area contributed by atoms with Crippen LogP contribution in [-0.4, -0.2) is 23.1 Å². The van der Waals surface area contributed by atoms with Crippen LogP contribution in [0.3, 0.4) is 0 Å². The fourth-order valence-corrected chi connectivity index (χ4v) is 3.21. The fourth-order valence-electron chi connectivity index (χ4n) is 3.21. The maximum absolute atomic E-state index is 12.4. The molecular weight excluding hydrogens is 262 g/mol. The Labute approximate surface area is 127 Å². The highest BCUT2D eigenvalue weighted by molar-refractivity contribution is 5.69. The van der Waals surface area contributed by atoms with E-state index >= 15 is 0 Å². The number of hydrogen-bond acceptors (Lipinski definition) is 2. The minimum atomic E-state index is -0.430. The minimum absolute atomic E-state index is 0.171. The molecule has 1 amide bonds. The standard InChI is InChI=1S/C18H25NO2/c1-18(2,3)21-17(20)19-12-6-9-16(19)15-8-5-4-7-14(15)13-10-11-13/h4-5,7-8,13,16H,6,9-12H2,1-3H3. The van der Waals surface area contributed by atoms with Gasteiger partial charge in [0, 0.05) is 6.54 Å². The first kappa shape index (κ1) is 14.4. The summed E-state index contributed by atoms with van der Waals surface area (Å²) < 4.78 is 5.58. The van der Waals surface area contributed by atoms with Crippen molar-refractivity contribution in [2.45, 2.75) is 64.0 Å². The van der Waals surface area contributed by atoms with Gasteiger partial charge in [0.1, 0.15) is 5.60 Å². The Bertz CT molecular complexity index is 528. The van der Waals surface area contributed by atoms with E-state index in [9.17, 15) is 4.79 Å². The fraction of sp³-hybridized carbons (Fsp3) is 0.611. The second-order valence-corrected chi connectivity index (χ2v) is 7.23. The number of carbonyl (C=O) groups excluding carboxylic acids is 1. The van der Waals surface area contributed by atoms with Crippen LogP contribution in [-0.2, 0) is 4.74 Å². The zero-order valence-electron chi connectivity index (χ0n) is 13.3. The van der Waals surface area contributed by atoms with Crippen LogP contribution in [0, 0.1) is 0 Å². The number of amides is 1. The topological polar surface area (TPSA) is 29.5 Å². The van der Waals surface area contributed by atoms with Crippen LogP contribution in [0.25, 0.3) is 0 Å². The summed E-state index contributed by atoms with van der Waals surface area (Å²) in [6.07, 6.45) is 4.51. The lowest BCUT2D eigenvalue weighted by atomic mass is 9.96. The van der Waals surface area contributed by atoms with E-state index < -0.39 is 5.60 Å². The number of ether oxygens (including phenoxy) is 1. The monoisotopic (exact) mass is 287 g/mol. The van der Waals surface area contributed by atoms with Gasteiger partial charge in [-0.1, -0.05) is 24.3 Å². The van der Waals surface area contributed by atoms with Crippen LogP contribution in [0.1, 0.15) is 69.5 Å². The van der Waals surface area contributed by atoms with Crippen LogP contribution >= 0.6 is 0 Å². The molecule has 1 heterocycles. The molecule has 1 saturated heterocycles. The van der Waals surface area contributed by atoms with Crippen LogP contribution in [0.15, 0.2) is 24.3 Å². The van der Waals surface area contributed by atoms with E-state index in [1.54, 1.807) is 0 Å². The molecule has 0 bridgehead atoms. The lowest BCUT2D eigenvalue weighted by Gasteiger charge is -2.29. The molecule has 0 radical (unpaired) electrons. The van der Waals surface area contributed by atoms with Crippen molar-refractivity contribution in [3.63, 3.8) is 0 Å². The second-order valence-electron chi connectivity index (χ2n) is 7.23. The molecule has 0 spiro atoms. The molecule has 1 aromatic carbocycles. The van der Waals surface area contributed by atoms with Crippen LogP contribution in [0.4, 0.5) is 4.79 Å². The number of likely N-dealkylation sites (tertiary alicyclic amines) is 1. The van der Waals surface area contributed by atoms with E-state index in [1.807, 2.05) is 25.7 Å². The summed E-state index contributed by atoms with van der Waals surface area (Å²) in [5, 5.41) is 0. The zero-order chi connectivity index (χ0) is 15.0. The van der Waals surface area contributed by atoms with E-state index in [4.69, 9.17) is 4.74 Å². The average Bonchev–Trinajstić information content (AvgIpc) is 3.13. The largest absolute Gasteiger partial charge is 0.444 e. The Morgan fingerprint density at radius 3 is 2.43 bits per heavy atom. The predicted octanol–water partition coefficient (Wildman–Crippen LogP) is 4.64. The van der Waals surface area contributed by atoms with Gasteiger partial charge in [0.15, 0.2) is 0 Å². The Kier molecular flexibility index (Phi) is 3.68. The lowest BCUT2D eigenvalue weighted by molar-refractivity contribution is 0.0224. The first-order valence-corrected chi connectivity index (χ1v) is 8.04. The summed E-state index contributed by atoms with van der Waals surface area (Å²) in [6, 6.07) is 8.83. The predicted molar refractivity (Wildman–Crippen MR) is 83.3 cm³/mol. The first-order chi connectivity index (χ1) is 9.96. The summed E-state index contributed by atoms with van der Waals surface area (Å²) >= 11 is 0. The van der Waals surface area contributed by atoms with E-state index in [1.165, 1.54) is 24.0 Å². The Hall–Kier alpha value is -1.51. The smallest absolute Gasteiger partial charge is 0.410 e. The summed E-state index contributed by atoms with van der Waals surface area (Å²) in [4.78, 5) is 14.4. The number of nitrogens with zero attached hydrogens (tertiary/aromatic N) is 1. The van der Waals surface area contributed by atoms with Gasteiger partial charge in [-0.2, -0.15) is 0 Å². The molecule has 3 rings (SSSR count). The van der Waals surface area contributed by atoms with Crippen LogP contribution in [0.2, 0.25) is 0 Å². The maximum Gasteiger partial charge on any atom is 0.410 e. The van der Waals surface area contributed by atoms with E-state index in [0.29, 0.717) is 5.92 Å². The van der Waals surface area contributed by atoms with Gasteiger partial charge in [-0.15, -0.1) is 0 Å². The molecular formula is C18H25NO2. The van der Waals surface area contributed by atoms with Crippen molar-refractivity contribution in [1.82, 2.24) is 4.90 Å². The summed E-state index contributed by atoms with van der Waals surface area (Å²) in [5.74, 6) is 0.710. The van der Waals surface area contributed by atoms with Gasteiger partial charge in [0.2, 0.25) is 0 Å². The van der Waals surface area contributed by atoms with E-state index in [2.05, 4.69) is 24.3 Å². The Morgan fingerprint density at radius 2 is 1.81 bits per heavy atom. The summed E-state index contributed by atoms with van der Waals surface area (Å²) in [5.41, 5.74) is 2.35. The highest BCUT2D eigenvalue weighted by atomic mass is 16.6. The van der Waals surface area contributed by atoms with Gasteiger partial charge >= 0.3 is 6.09 Å². The van der Waals surface area contributed by atoms with Gasteiger partial charge in [-0.25, -0.2) is 4.79 Å². The summed E-state index contributed by atoms with van der Waals surface area (Å²) in [6.45, 7) is 6.58. The van der Waals surface area contributed by atoms with Gasteiger partial charge in [0.05, 0.1) is 6.04 Å². The molecule has 21 heavy (non-hydrogen) atoms. The van der Waals surface area contributed by atoms with E-state index in [-0.39, 0.29) is 12.1 Å². The number of carbonyl (C=O) groups is 1. The molecule has 1 aliphatic carbocycles. The van der Waals surface area contributed by atoms with Crippen molar-refractivity contribution >= 4 is 6.09 Å². The minimum Gasteiger partial charge on any atom is -0.444 e. The molecule has 2 fully saturated rings. The number of benzene rings is 1. The van der Waals surface area contributed by atoms with Crippen molar-refractivity contribution in [3.8, 4) is 0 Å². The Morgan fingerprint density at radius 1 is 1.14 bits per heavy atom. The third-order valence-electron chi connectivity index (χ3n) is 4.25. The molecule has 1 aromatic rings. The summed E-state index contributed by atoms with van der Waals surface area (Å²) in [7, 11) is 0. The SMILES string of the molecule is CC(C)(C)OC(=O)N1CCCC1c1ccccc1C1CC1. The molecule has 1 atom stereocenters. The molecule has 1 saturated carbocycles. The van der Waals surface area contributed by atoms with Crippen molar-refractivity contribution in [1.29, 1.82) is 0 Å². The van der Waals surface area contributed by atoms with Gasteiger partial charge in [-0.3, -0.25) is 0 Å². The maximum atomic E-state index is 12.4. The van der Waals surface area contributed by atoms with Crippen LogP contribution in [0.5, 0.6) is 0 Å². The highest BCUT2D eigenvalue weighted by Gasteiger charge is 2.36. The first-order valence-electron chi connectivity index (χ1n) is 8.04. The quantitative estimate of drug-likeness (QED) is 0.793. The highest BCUT2D eigenvalue weighted by Crippen LogP contribution is 2.45. The molecule has 1 unspecified atom stereocenters.